The van der Waals surface area contributed by atoms with E-state index in [9.17, 15) is 18.0 Å². The Morgan fingerprint density at radius 1 is 1.26 bits per heavy atom. The van der Waals surface area contributed by atoms with Crippen LogP contribution in [0.25, 0.3) is 11.3 Å². The monoisotopic (exact) mass is 406 g/mol. The number of aromatic nitrogens is 2. The van der Waals surface area contributed by atoms with Gasteiger partial charge in [0.1, 0.15) is 5.69 Å². The van der Waals surface area contributed by atoms with Gasteiger partial charge in [-0.25, -0.2) is 9.97 Å². The fourth-order valence-electron chi connectivity index (χ4n) is 1.59. The van der Waals surface area contributed by atoms with Crippen molar-refractivity contribution in [2.24, 2.45) is 0 Å². The van der Waals surface area contributed by atoms with Gasteiger partial charge in [0.2, 0.25) is 0 Å². The highest BCUT2D eigenvalue weighted by Crippen LogP contribution is 2.32. The van der Waals surface area contributed by atoms with E-state index in [1.165, 1.54) is 7.11 Å². The molecular weight excluding hydrogens is 397 g/mol. The normalized spacial score (nSPS) is 11.3. The Labute approximate surface area is 142 Å². The van der Waals surface area contributed by atoms with Gasteiger partial charge in [-0.05, 0) is 18.2 Å². The Bertz CT molecular complexity index is 708. The summed E-state index contributed by atoms with van der Waals surface area (Å²) >= 11 is 4.05. The second kappa shape index (κ2) is 7.31. The third-order valence-electron chi connectivity index (χ3n) is 2.68. The summed E-state index contributed by atoms with van der Waals surface area (Å²) in [5, 5.41) is -0.136. The van der Waals surface area contributed by atoms with E-state index < -0.39 is 17.8 Å². The fourth-order valence-corrected chi connectivity index (χ4v) is 2.54. The summed E-state index contributed by atoms with van der Waals surface area (Å²) in [4.78, 5) is 18.7. The number of ether oxygens (including phenoxy) is 1. The topological polar surface area (TPSA) is 52.1 Å². The van der Waals surface area contributed by atoms with Crippen LogP contribution in [-0.2, 0) is 15.7 Å². The van der Waals surface area contributed by atoms with Crippen molar-refractivity contribution in [1.82, 2.24) is 9.97 Å². The summed E-state index contributed by atoms with van der Waals surface area (Å²) in [5.41, 5.74) is -0.411. The lowest BCUT2D eigenvalue weighted by molar-refractivity contribution is -0.141. The molecule has 0 aliphatic rings. The van der Waals surface area contributed by atoms with E-state index in [-0.39, 0.29) is 16.6 Å². The number of halogens is 4. The van der Waals surface area contributed by atoms with Crippen LogP contribution in [0.2, 0.25) is 0 Å². The van der Waals surface area contributed by atoms with Crippen molar-refractivity contribution in [3.8, 4) is 11.3 Å². The van der Waals surface area contributed by atoms with Crippen LogP contribution in [0.5, 0.6) is 0 Å². The molecule has 0 bridgehead atoms. The van der Waals surface area contributed by atoms with Crippen molar-refractivity contribution in [2.45, 2.75) is 11.3 Å². The molecule has 23 heavy (non-hydrogen) atoms. The zero-order chi connectivity index (χ0) is 17.0. The van der Waals surface area contributed by atoms with Gasteiger partial charge in [-0.2, -0.15) is 13.2 Å². The third-order valence-corrected chi connectivity index (χ3v) is 4.03. The Hall–Kier alpha value is -1.61. The highest BCUT2D eigenvalue weighted by atomic mass is 79.9. The lowest BCUT2D eigenvalue weighted by Gasteiger charge is -2.10. The van der Waals surface area contributed by atoms with E-state index >= 15 is 0 Å². The van der Waals surface area contributed by atoms with E-state index in [2.05, 4.69) is 30.6 Å². The van der Waals surface area contributed by atoms with Gasteiger partial charge in [-0.1, -0.05) is 39.8 Å². The molecule has 0 amide bonds. The number of esters is 1. The number of carbonyl (C=O) groups is 1. The van der Waals surface area contributed by atoms with Crippen LogP contribution >= 0.6 is 27.7 Å². The molecule has 0 radical (unpaired) electrons. The molecule has 1 aromatic carbocycles. The molecule has 1 heterocycles. The smallest absolute Gasteiger partial charge is 0.433 e. The van der Waals surface area contributed by atoms with Crippen LogP contribution in [0.15, 0.2) is 40.0 Å². The van der Waals surface area contributed by atoms with Crippen molar-refractivity contribution >= 4 is 33.7 Å². The SMILES string of the molecule is COC(=O)CSc1nc(-c2ccc(Br)cc2)cc(C(F)(F)F)n1. The van der Waals surface area contributed by atoms with Crippen molar-refractivity contribution in [3.63, 3.8) is 0 Å². The first-order valence-corrected chi connectivity index (χ1v) is 7.99. The first-order valence-electron chi connectivity index (χ1n) is 6.21. The molecule has 0 aliphatic carbocycles. The molecule has 9 heteroatoms. The first kappa shape index (κ1) is 17.7. The summed E-state index contributed by atoms with van der Waals surface area (Å²) in [7, 11) is 1.20. The summed E-state index contributed by atoms with van der Waals surface area (Å²) < 4.78 is 44.2. The van der Waals surface area contributed by atoms with E-state index in [0.717, 1.165) is 22.3 Å². The highest BCUT2D eigenvalue weighted by Gasteiger charge is 2.34. The predicted octanol–water partition coefficient (Wildman–Crippen LogP) is 4.19. The number of nitrogens with zero attached hydrogens (tertiary/aromatic N) is 2. The molecule has 0 fully saturated rings. The zero-order valence-corrected chi connectivity index (χ0v) is 14.1. The van der Waals surface area contributed by atoms with E-state index in [0.29, 0.717) is 5.56 Å². The van der Waals surface area contributed by atoms with Crippen molar-refractivity contribution in [1.29, 1.82) is 0 Å². The number of methoxy groups -OCH3 is 1. The number of rotatable bonds is 4. The van der Waals surface area contributed by atoms with E-state index in [1.54, 1.807) is 24.3 Å². The molecule has 2 rings (SSSR count). The molecule has 0 unspecified atom stereocenters. The van der Waals surface area contributed by atoms with Crippen LogP contribution < -0.4 is 0 Å². The maximum absolute atomic E-state index is 13.0. The minimum Gasteiger partial charge on any atom is -0.468 e. The average molecular weight is 407 g/mol. The zero-order valence-electron chi connectivity index (χ0n) is 11.7. The maximum Gasteiger partial charge on any atom is 0.433 e. The van der Waals surface area contributed by atoms with Gasteiger partial charge in [0, 0.05) is 10.0 Å². The van der Waals surface area contributed by atoms with Crippen LogP contribution in [0.3, 0.4) is 0 Å². The van der Waals surface area contributed by atoms with Gasteiger partial charge in [0.25, 0.3) is 0 Å². The van der Waals surface area contributed by atoms with Gasteiger partial charge >= 0.3 is 12.1 Å². The van der Waals surface area contributed by atoms with Gasteiger partial charge in [0.15, 0.2) is 5.16 Å². The fraction of sp³-hybridized carbons (Fsp3) is 0.214. The maximum atomic E-state index is 13.0. The minimum absolute atomic E-state index is 0.132. The van der Waals surface area contributed by atoms with Crippen LogP contribution in [0, 0.1) is 0 Å². The Balaban J connectivity index is 2.41. The van der Waals surface area contributed by atoms with Crippen molar-refractivity contribution in [2.75, 3.05) is 12.9 Å². The molecule has 2 aromatic rings. The molecule has 1 aromatic heterocycles. The third kappa shape index (κ3) is 4.93. The number of hydrogen-bond donors (Lipinski definition) is 0. The molecule has 0 saturated heterocycles. The minimum atomic E-state index is -4.60. The molecule has 122 valence electrons. The Morgan fingerprint density at radius 2 is 1.91 bits per heavy atom. The standard InChI is InChI=1S/C14H10BrF3N2O2S/c1-22-12(21)7-23-13-19-10(6-11(20-13)14(16,17)18)8-2-4-9(15)5-3-8/h2-6H,7H2,1H3. The van der Waals surface area contributed by atoms with Crippen LogP contribution in [0.1, 0.15) is 5.69 Å². The second-order valence-electron chi connectivity index (χ2n) is 4.29. The Kier molecular flexibility index (Phi) is 5.64. The van der Waals surface area contributed by atoms with Gasteiger partial charge < -0.3 is 4.74 Å². The Morgan fingerprint density at radius 3 is 2.48 bits per heavy atom. The summed E-state index contributed by atoms with van der Waals surface area (Å²) in [6.45, 7) is 0. The predicted molar refractivity (Wildman–Crippen MR) is 82.9 cm³/mol. The first-order chi connectivity index (χ1) is 10.8. The van der Waals surface area contributed by atoms with Crippen LogP contribution in [0.4, 0.5) is 13.2 Å². The molecule has 0 saturated carbocycles. The number of benzene rings is 1. The lowest BCUT2D eigenvalue weighted by atomic mass is 10.1. The average Bonchev–Trinajstić information content (AvgIpc) is 2.52. The molecular formula is C14H10BrF3N2O2S. The van der Waals surface area contributed by atoms with E-state index in [1.807, 2.05) is 0 Å². The highest BCUT2D eigenvalue weighted by molar-refractivity contribution is 9.10. The quantitative estimate of drug-likeness (QED) is 0.432. The molecule has 0 atom stereocenters. The summed E-state index contributed by atoms with van der Waals surface area (Å²) in [6, 6.07) is 7.56. The number of thioether (sulfide) groups is 1. The molecule has 0 spiro atoms. The van der Waals surface area contributed by atoms with Gasteiger partial charge in [0.05, 0.1) is 18.6 Å². The van der Waals surface area contributed by atoms with Gasteiger partial charge in [-0.3, -0.25) is 4.79 Å². The van der Waals surface area contributed by atoms with Crippen LogP contribution in [-0.4, -0.2) is 28.8 Å². The number of hydrogen-bond acceptors (Lipinski definition) is 5. The summed E-state index contributed by atoms with van der Waals surface area (Å²) in [5.74, 6) is -0.737. The molecule has 4 nitrogen and oxygen atoms in total. The number of alkyl halides is 3. The molecule has 0 N–H and O–H groups in total. The van der Waals surface area contributed by atoms with Crippen molar-refractivity contribution in [3.05, 3.63) is 40.5 Å². The second-order valence-corrected chi connectivity index (χ2v) is 6.15. The summed E-state index contributed by atoms with van der Waals surface area (Å²) in [6.07, 6.45) is -4.60. The number of carbonyl (C=O) groups excluding carboxylic acids is 1. The van der Waals surface area contributed by atoms with E-state index in [4.69, 9.17) is 0 Å². The molecule has 0 aliphatic heterocycles. The lowest BCUT2D eigenvalue weighted by Crippen LogP contribution is -2.11. The largest absolute Gasteiger partial charge is 0.468 e. The van der Waals surface area contributed by atoms with Crippen molar-refractivity contribution < 1.29 is 22.7 Å². The van der Waals surface area contributed by atoms with Gasteiger partial charge in [-0.15, -0.1) is 0 Å².